The van der Waals surface area contributed by atoms with Crippen LogP contribution in [0.4, 0.5) is 4.79 Å². The van der Waals surface area contributed by atoms with Crippen LogP contribution in [0.1, 0.15) is 18.4 Å². The SMILES string of the molecule is COCCOC(=O)NCC(NC(=O)C1CCN(C(=O)C=Cc2ccc(SC)c(Cl)c2Cl)CC1)C(=O)O. The lowest BCUT2D eigenvalue weighted by molar-refractivity contribution is -0.142. The van der Waals surface area contributed by atoms with E-state index in [-0.39, 0.29) is 25.7 Å². The number of halogens is 2. The zero-order valence-corrected chi connectivity index (χ0v) is 22.3. The van der Waals surface area contributed by atoms with Crippen LogP contribution in [0.25, 0.3) is 6.08 Å². The molecule has 1 heterocycles. The summed E-state index contributed by atoms with van der Waals surface area (Å²) in [6.45, 7) is 0.562. The van der Waals surface area contributed by atoms with Crippen molar-refractivity contribution in [1.82, 2.24) is 15.5 Å². The quantitative estimate of drug-likeness (QED) is 0.213. The maximum absolute atomic E-state index is 12.6. The van der Waals surface area contributed by atoms with Gasteiger partial charge in [0.1, 0.15) is 12.6 Å². The van der Waals surface area contributed by atoms with Crippen LogP contribution < -0.4 is 10.6 Å². The zero-order valence-electron chi connectivity index (χ0n) is 19.9. The van der Waals surface area contributed by atoms with E-state index in [0.717, 1.165) is 4.90 Å². The third kappa shape index (κ3) is 8.88. The van der Waals surface area contributed by atoms with E-state index >= 15 is 0 Å². The number of carbonyl (C=O) groups excluding carboxylic acids is 3. The monoisotopic (exact) mass is 561 g/mol. The molecule has 36 heavy (non-hydrogen) atoms. The molecule has 198 valence electrons. The molecule has 0 saturated carbocycles. The van der Waals surface area contributed by atoms with Gasteiger partial charge in [-0.1, -0.05) is 29.3 Å². The molecule has 1 fully saturated rings. The van der Waals surface area contributed by atoms with Gasteiger partial charge in [-0.15, -0.1) is 11.8 Å². The Bertz CT molecular complexity index is 985. The Kier molecular flexibility index (Phi) is 12.3. The Labute approximate surface area is 223 Å². The highest BCUT2D eigenvalue weighted by Gasteiger charge is 2.30. The first-order valence-electron chi connectivity index (χ1n) is 11.1. The van der Waals surface area contributed by atoms with E-state index in [1.807, 2.05) is 12.3 Å². The molecule has 1 saturated heterocycles. The fraction of sp³-hybridized carbons (Fsp3) is 0.478. The number of likely N-dealkylation sites (tertiary alicyclic amines) is 1. The number of benzene rings is 1. The van der Waals surface area contributed by atoms with E-state index in [0.29, 0.717) is 41.5 Å². The Morgan fingerprint density at radius 1 is 1.19 bits per heavy atom. The van der Waals surface area contributed by atoms with Gasteiger partial charge in [-0.2, -0.15) is 0 Å². The molecule has 13 heteroatoms. The molecule has 2 rings (SSSR count). The van der Waals surface area contributed by atoms with Gasteiger partial charge < -0.3 is 30.1 Å². The van der Waals surface area contributed by atoms with Crippen LogP contribution in [0.15, 0.2) is 23.1 Å². The molecule has 0 spiro atoms. The molecule has 1 aliphatic heterocycles. The number of hydrogen-bond acceptors (Lipinski definition) is 7. The molecule has 3 N–H and O–H groups in total. The number of hydrogen-bond donors (Lipinski definition) is 3. The van der Waals surface area contributed by atoms with Gasteiger partial charge in [0.2, 0.25) is 11.8 Å². The van der Waals surface area contributed by atoms with Crippen molar-refractivity contribution in [1.29, 1.82) is 0 Å². The van der Waals surface area contributed by atoms with Crippen molar-refractivity contribution in [3.05, 3.63) is 33.8 Å². The highest BCUT2D eigenvalue weighted by molar-refractivity contribution is 7.98. The van der Waals surface area contributed by atoms with Gasteiger partial charge >= 0.3 is 12.1 Å². The molecule has 1 unspecified atom stereocenters. The minimum absolute atomic E-state index is 0.0179. The van der Waals surface area contributed by atoms with E-state index in [9.17, 15) is 24.3 Å². The molecular weight excluding hydrogens is 533 g/mol. The highest BCUT2D eigenvalue weighted by atomic mass is 35.5. The molecule has 0 radical (unpaired) electrons. The zero-order chi connectivity index (χ0) is 26.7. The third-order valence-corrected chi connectivity index (χ3v) is 7.25. The summed E-state index contributed by atoms with van der Waals surface area (Å²) in [4.78, 5) is 50.7. The van der Waals surface area contributed by atoms with E-state index in [1.54, 1.807) is 17.0 Å². The van der Waals surface area contributed by atoms with Crippen LogP contribution in [0.2, 0.25) is 10.0 Å². The molecule has 1 atom stereocenters. The third-order valence-electron chi connectivity index (χ3n) is 5.47. The van der Waals surface area contributed by atoms with Crippen molar-refractivity contribution < 1.29 is 33.8 Å². The van der Waals surface area contributed by atoms with Gasteiger partial charge in [-0.05, 0) is 36.8 Å². The average Bonchev–Trinajstić information content (AvgIpc) is 2.87. The van der Waals surface area contributed by atoms with Gasteiger partial charge in [0.05, 0.1) is 23.2 Å². The number of aliphatic carboxylic acids is 1. The maximum Gasteiger partial charge on any atom is 0.407 e. The molecule has 1 aliphatic rings. The summed E-state index contributed by atoms with van der Waals surface area (Å²) in [5.74, 6) is -2.42. The van der Waals surface area contributed by atoms with E-state index < -0.39 is 29.9 Å². The lowest BCUT2D eigenvalue weighted by Gasteiger charge is -2.31. The van der Waals surface area contributed by atoms with E-state index in [1.165, 1.54) is 24.9 Å². The summed E-state index contributed by atoms with van der Waals surface area (Å²) in [6.07, 6.45) is 4.84. The Morgan fingerprint density at radius 3 is 2.50 bits per heavy atom. The summed E-state index contributed by atoms with van der Waals surface area (Å²) in [5.41, 5.74) is 0.623. The topological polar surface area (TPSA) is 134 Å². The van der Waals surface area contributed by atoms with Gasteiger partial charge in [0.25, 0.3) is 0 Å². The average molecular weight is 562 g/mol. The first kappa shape index (κ1) is 29.8. The summed E-state index contributed by atoms with van der Waals surface area (Å²) in [6, 6.07) is 2.30. The first-order valence-corrected chi connectivity index (χ1v) is 13.1. The second-order valence-corrected chi connectivity index (χ2v) is 9.43. The van der Waals surface area contributed by atoms with Crippen molar-refractivity contribution in [3.63, 3.8) is 0 Å². The number of piperidine rings is 1. The van der Waals surface area contributed by atoms with E-state index in [4.69, 9.17) is 32.7 Å². The van der Waals surface area contributed by atoms with Gasteiger partial charge in [-0.3, -0.25) is 9.59 Å². The van der Waals surface area contributed by atoms with Crippen LogP contribution in [0.3, 0.4) is 0 Å². The van der Waals surface area contributed by atoms with Crippen LogP contribution in [0, 0.1) is 5.92 Å². The fourth-order valence-corrected chi connectivity index (χ4v) is 4.58. The molecule has 1 aromatic carbocycles. The molecule has 10 nitrogen and oxygen atoms in total. The number of nitrogens with one attached hydrogen (secondary N) is 2. The van der Waals surface area contributed by atoms with Gasteiger partial charge in [0.15, 0.2) is 0 Å². The fourth-order valence-electron chi connectivity index (χ4n) is 3.41. The van der Waals surface area contributed by atoms with Crippen molar-refractivity contribution in [3.8, 4) is 0 Å². The number of amides is 3. The Hall–Kier alpha value is -2.47. The largest absolute Gasteiger partial charge is 0.480 e. The summed E-state index contributed by atoms with van der Waals surface area (Å²) in [5, 5.41) is 14.9. The number of alkyl carbamates (subject to hydrolysis) is 1. The number of carbonyl (C=O) groups is 4. The maximum atomic E-state index is 12.6. The van der Waals surface area contributed by atoms with Crippen molar-refractivity contribution in [2.75, 3.05) is 46.2 Å². The van der Waals surface area contributed by atoms with Crippen LogP contribution in [-0.2, 0) is 23.9 Å². The Morgan fingerprint density at radius 2 is 1.89 bits per heavy atom. The number of nitrogens with zero attached hydrogens (tertiary/aromatic N) is 1. The normalized spacial score (nSPS) is 14.9. The van der Waals surface area contributed by atoms with Crippen LogP contribution in [-0.4, -0.2) is 86.1 Å². The molecule has 0 aliphatic carbocycles. The summed E-state index contributed by atoms with van der Waals surface area (Å²) >= 11 is 14.0. The predicted octanol–water partition coefficient (Wildman–Crippen LogP) is 2.91. The van der Waals surface area contributed by atoms with Gasteiger partial charge in [-0.25, -0.2) is 9.59 Å². The van der Waals surface area contributed by atoms with Crippen molar-refractivity contribution in [2.45, 2.75) is 23.8 Å². The van der Waals surface area contributed by atoms with Crippen LogP contribution >= 0.6 is 35.0 Å². The van der Waals surface area contributed by atoms with Gasteiger partial charge in [0, 0.05) is 37.1 Å². The number of methoxy groups -OCH3 is 1. The molecule has 0 aromatic heterocycles. The minimum atomic E-state index is -1.32. The number of carboxylic acid groups (broad SMARTS) is 1. The first-order chi connectivity index (χ1) is 17.2. The minimum Gasteiger partial charge on any atom is -0.480 e. The van der Waals surface area contributed by atoms with Crippen molar-refractivity contribution >= 4 is 64.9 Å². The highest BCUT2D eigenvalue weighted by Crippen LogP contribution is 2.35. The number of thioether (sulfide) groups is 1. The summed E-state index contributed by atoms with van der Waals surface area (Å²) < 4.78 is 9.55. The molecular formula is C23H29Cl2N3O7S. The smallest absolute Gasteiger partial charge is 0.407 e. The number of rotatable bonds is 11. The second-order valence-electron chi connectivity index (χ2n) is 7.83. The van der Waals surface area contributed by atoms with E-state index in [2.05, 4.69) is 10.6 Å². The summed E-state index contributed by atoms with van der Waals surface area (Å²) in [7, 11) is 1.45. The van der Waals surface area contributed by atoms with Crippen molar-refractivity contribution in [2.24, 2.45) is 5.92 Å². The molecule has 0 bridgehead atoms. The Balaban J connectivity index is 1.84. The second kappa shape index (κ2) is 14.9. The predicted molar refractivity (Wildman–Crippen MR) is 137 cm³/mol. The standard InChI is InChI=1S/C23H29Cl2N3O7S/c1-34-11-12-35-23(33)26-13-16(22(31)32)27-21(30)15-7-9-28(10-8-15)18(29)6-4-14-3-5-17(36-2)20(25)19(14)24/h3-6,15-16H,7-13H2,1-2H3,(H,26,33)(H,27,30)(H,31,32). The van der Waals surface area contributed by atoms with Crippen LogP contribution in [0.5, 0.6) is 0 Å². The number of ether oxygens (including phenoxy) is 2. The molecule has 1 aromatic rings. The number of carboxylic acids is 1. The lowest BCUT2D eigenvalue weighted by atomic mass is 9.95. The lowest BCUT2D eigenvalue weighted by Crippen LogP contribution is -2.51. The molecule has 3 amide bonds.